The number of carbonyl (C=O) groups excluding carboxylic acids is 1. The fourth-order valence-corrected chi connectivity index (χ4v) is 3.82. The number of pyridine rings is 2. The molecular weight excluding hydrogens is 436 g/mol. The van der Waals surface area contributed by atoms with Crippen molar-refractivity contribution in [3.63, 3.8) is 0 Å². The Morgan fingerprint density at radius 2 is 1.94 bits per heavy atom. The summed E-state index contributed by atoms with van der Waals surface area (Å²) in [6, 6.07) is 12.6. The molecule has 0 bridgehead atoms. The predicted octanol–water partition coefficient (Wildman–Crippen LogP) is 3.57. The van der Waals surface area contributed by atoms with E-state index in [9.17, 15) is 14.9 Å². The molecule has 0 radical (unpaired) electrons. The number of non-ortho nitro benzene ring substituents is 1. The Labute approximate surface area is 193 Å². The molecule has 0 spiro atoms. The highest BCUT2D eigenvalue weighted by Crippen LogP contribution is 2.36. The highest BCUT2D eigenvalue weighted by molar-refractivity contribution is 6.05. The summed E-state index contributed by atoms with van der Waals surface area (Å²) in [6.45, 7) is 1.79. The molecule has 0 saturated carbocycles. The molecule has 0 fully saturated rings. The van der Waals surface area contributed by atoms with Gasteiger partial charge in [0.2, 0.25) is 5.95 Å². The molecule has 1 unspecified atom stereocenters. The van der Waals surface area contributed by atoms with Crippen LogP contribution in [0.5, 0.6) is 0 Å². The fourth-order valence-electron chi connectivity index (χ4n) is 3.82. The summed E-state index contributed by atoms with van der Waals surface area (Å²) in [5.41, 5.74) is 2.82. The molecule has 1 aromatic carbocycles. The third-order valence-corrected chi connectivity index (χ3v) is 5.35. The third-order valence-electron chi connectivity index (χ3n) is 5.35. The number of nitro groups is 1. The van der Waals surface area contributed by atoms with Crippen molar-refractivity contribution in [2.75, 3.05) is 10.6 Å². The summed E-state index contributed by atoms with van der Waals surface area (Å²) in [4.78, 5) is 36.8. The lowest BCUT2D eigenvalue weighted by molar-refractivity contribution is -0.384. The lowest BCUT2D eigenvalue weighted by Gasteiger charge is -2.28. The molecule has 4 aromatic rings. The maximum atomic E-state index is 13.4. The zero-order chi connectivity index (χ0) is 23.7. The maximum Gasteiger partial charge on any atom is 0.270 e. The van der Waals surface area contributed by atoms with Crippen molar-refractivity contribution < 1.29 is 9.72 Å². The first kappa shape index (κ1) is 20.9. The minimum Gasteiger partial charge on any atom is -0.328 e. The SMILES string of the molecule is CC1=C(C(=O)Nc2cccnc2)C(c2ccncc2)n2nc(-c3cccc([N+](=O)[O-])c3)nc2N1. The zero-order valence-electron chi connectivity index (χ0n) is 17.9. The largest absolute Gasteiger partial charge is 0.328 e. The van der Waals surface area contributed by atoms with Crippen LogP contribution in [0.2, 0.25) is 0 Å². The molecule has 5 rings (SSSR count). The molecule has 34 heavy (non-hydrogen) atoms. The van der Waals surface area contributed by atoms with E-state index < -0.39 is 11.0 Å². The number of benzene rings is 1. The number of anilines is 2. The van der Waals surface area contributed by atoms with Crippen molar-refractivity contribution in [1.82, 2.24) is 24.7 Å². The monoisotopic (exact) mass is 454 g/mol. The van der Waals surface area contributed by atoms with E-state index in [1.807, 2.05) is 0 Å². The van der Waals surface area contributed by atoms with Crippen LogP contribution in [0, 0.1) is 10.1 Å². The highest BCUT2D eigenvalue weighted by Gasteiger charge is 2.34. The van der Waals surface area contributed by atoms with E-state index in [0.717, 1.165) is 5.56 Å². The second-order valence-electron chi connectivity index (χ2n) is 7.55. The van der Waals surface area contributed by atoms with Gasteiger partial charge in [-0.25, -0.2) is 4.68 Å². The Balaban J connectivity index is 1.59. The van der Waals surface area contributed by atoms with Gasteiger partial charge in [-0.2, -0.15) is 4.98 Å². The van der Waals surface area contributed by atoms with Gasteiger partial charge in [-0.3, -0.25) is 24.9 Å². The van der Waals surface area contributed by atoms with Crippen molar-refractivity contribution in [3.8, 4) is 11.4 Å². The van der Waals surface area contributed by atoms with E-state index >= 15 is 0 Å². The minimum atomic E-state index is -0.601. The molecule has 2 N–H and O–H groups in total. The Hall–Kier alpha value is -4.93. The van der Waals surface area contributed by atoms with Crippen LogP contribution in [0.3, 0.4) is 0 Å². The molecule has 4 heterocycles. The Morgan fingerprint density at radius 1 is 1.12 bits per heavy atom. The first-order valence-electron chi connectivity index (χ1n) is 10.3. The number of hydrogen-bond donors (Lipinski definition) is 2. The fraction of sp³-hybridized carbons (Fsp3) is 0.0870. The van der Waals surface area contributed by atoms with E-state index in [1.54, 1.807) is 72.8 Å². The van der Waals surface area contributed by atoms with Crippen LogP contribution in [0.1, 0.15) is 18.5 Å². The lowest BCUT2D eigenvalue weighted by atomic mass is 9.96. The number of fused-ring (bicyclic) bond motifs is 1. The van der Waals surface area contributed by atoms with Gasteiger partial charge in [-0.05, 0) is 36.8 Å². The molecule has 0 aliphatic carbocycles. The van der Waals surface area contributed by atoms with Crippen LogP contribution >= 0.6 is 0 Å². The summed E-state index contributed by atoms with van der Waals surface area (Å²) in [6.07, 6.45) is 6.47. The van der Waals surface area contributed by atoms with Crippen molar-refractivity contribution in [3.05, 3.63) is 100 Å². The number of nitrogens with one attached hydrogen (secondary N) is 2. The number of allylic oxidation sites excluding steroid dienone is 1. The van der Waals surface area contributed by atoms with Gasteiger partial charge in [0, 0.05) is 42.0 Å². The standard InChI is InChI=1S/C23H18N8O3/c1-14-19(22(32)27-17-5-3-9-25-13-17)20(15-7-10-24-11-8-15)30-23(26-14)28-21(29-30)16-4-2-6-18(12-16)31(33)34/h2-13,20H,1H3,(H,27,32)(H,26,28,29). The average molecular weight is 454 g/mol. The molecule has 1 aliphatic rings. The van der Waals surface area contributed by atoms with Crippen LogP contribution in [0.25, 0.3) is 11.4 Å². The van der Waals surface area contributed by atoms with E-state index in [1.165, 1.54) is 12.1 Å². The molecule has 0 saturated heterocycles. The second kappa shape index (κ2) is 8.54. The molecule has 11 nitrogen and oxygen atoms in total. The Kier molecular flexibility index (Phi) is 5.26. The van der Waals surface area contributed by atoms with Crippen molar-refractivity contribution in [2.24, 2.45) is 0 Å². The Bertz CT molecular complexity index is 1420. The van der Waals surface area contributed by atoms with Gasteiger partial charge in [0.15, 0.2) is 5.82 Å². The van der Waals surface area contributed by atoms with Gasteiger partial charge < -0.3 is 10.6 Å². The molecule has 1 amide bonds. The number of nitro benzene ring substituents is 1. The van der Waals surface area contributed by atoms with Gasteiger partial charge in [0.05, 0.1) is 22.4 Å². The second-order valence-corrected chi connectivity index (χ2v) is 7.55. The van der Waals surface area contributed by atoms with Crippen LogP contribution in [0.4, 0.5) is 17.3 Å². The molecule has 168 valence electrons. The first-order chi connectivity index (χ1) is 16.5. The van der Waals surface area contributed by atoms with Gasteiger partial charge in [-0.1, -0.05) is 12.1 Å². The summed E-state index contributed by atoms with van der Waals surface area (Å²) >= 11 is 0. The average Bonchev–Trinajstić information content (AvgIpc) is 3.28. The molecular formula is C23H18N8O3. The van der Waals surface area contributed by atoms with Crippen molar-refractivity contribution >= 4 is 23.2 Å². The van der Waals surface area contributed by atoms with Crippen LogP contribution in [-0.4, -0.2) is 35.6 Å². The van der Waals surface area contributed by atoms with E-state index in [4.69, 9.17) is 0 Å². The summed E-state index contributed by atoms with van der Waals surface area (Å²) in [5, 5.41) is 21.9. The molecule has 1 atom stereocenters. The Morgan fingerprint density at radius 3 is 2.68 bits per heavy atom. The van der Waals surface area contributed by atoms with Crippen molar-refractivity contribution in [1.29, 1.82) is 0 Å². The molecule has 11 heteroatoms. The lowest BCUT2D eigenvalue weighted by Crippen LogP contribution is -2.31. The smallest absolute Gasteiger partial charge is 0.270 e. The number of amides is 1. The van der Waals surface area contributed by atoms with Gasteiger partial charge in [0.1, 0.15) is 6.04 Å². The number of aromatic nitrogens is 5. The summed E-state index contributed by atoms with van der Waals surface area (Å²) < 4.78 is 1.61. The van der Waals surface area contributed by atoms with Crippen LogP contribution in [-0.2, 0) is 4.79 Å². The van der Waals surface area contributed by atoms with E-state index in [0.29, 0.717) is 34.3 Å². The highest BCUT2D eigenvalue weighted by atomic mass is 16.6. The third kappa shape index (κ3) is 3.86. The minimum absolute atomic E-state index is 0.0604. The maximum absolute atomic E-state index is 13.4. The van der Waals surface area contributed by atoms with E-state index in [2.05, 4.69) is 30.7 Å². The van der Waals surface area contributed by atoms with E-state index in [-0.39, 0.29) is 11.6 Å². The topological polar surface area (TPSA) is 141 Å². The first-order valence-corrected chi connectivity index (χ1v) is 10.3. The number of carbonyl (C=O) groups is 1. The molecule has 1 aliphatic heterocycles. The summed E-state index contributed by atoms with van der Waals surface area (Å²) in [7, 11) is 0. The summed E-state index contributed by atoms with van der Waals surface area (Å²) in [5.74, 6) is 0.392. The number of nitrogens with zero attached hydrogens (tertiary/aromatic N) is 6. The van der Waals surface area contributed by atoms with Crippen LogP contribution in [0.15, 0.2) is 84.6 Å². The van der Waals surface area contributed by atoms with Gasteiger partial charge >= 0.3 is 0 Å². The predicted molar refractivity (Wildman–Crippen MR) is 124 cm³/mol. The normalized spacial score (nSPS) is 14.8. The molecule has 3 aromatic heterocycles. The quantitative estimate of drug-likeness (QED) is 0.344. The van der Waals surface area contributed by atoms with Gasteiger partial charge in [-0.15, -0.1) is 5.10 Å². The number of rotatable bonds is 5. The zero-order valence-corrected chi connectivity index (χ0v) is 17.9. The van der Waals surface area contributed by atoms with Crippen molar-refractivity contribution in [2.45, 2.75) is 13.0 Å². The van der Waals surface area contributed by atoms with Crippen LogP contribution < -0.4 is 10.6 Å². The van der Waals surface area contributed by atoms with Gasteiger partial charge in [0.25, 0.3) is 11.6 Å². The number of hydrogen-bond acceptors (Lipinski definition) is 8.